The molecule has 14 heavy (non-hydrogen) atoms. The third-order valence-electron chi connectivity index (χ3n) is 2.38. The molecular weight excluding hydrogens is 180 g/mol. The van der Waals surface area contributed by atoms with Crippen LogP contribution in [-0.2, 0) is 9.59 Å². The maximum Gasteiger partial charge on any atom is 0.222 e. The van der Waals surface area contributed by atoms with E-state index in [1.54, 1.807) is 4.90 Å². The van der Waals surface area contributed by atoms with Gasteiger partial charge in [-0.3, -0.25) is 9.59 Å². The maximum absolute atomic E-state index is 11.2. The number of nitrogens with zero attached hydrogens (tertiary/aromatic N) is 1. The lowest BCUT2D eigenvalue weighted by molar-refractivity contribution is -0.128. The van der Waals surface area contributed by atoms with Gasteiger partial charge in [-0.15, -0.1) is 0 Å². The second-order valence-corrected chi connectivity index (χ2v) is 3.93. The molecule has 0 aliphatic carbocycles. The minimum Gasteiger partial charge on any atom is -0.354 e. The summed E-state index contributed by atoms with van der Waals surface area (Å²) in [5.41, 5.74) is 0. The molecule has 0 radical (unpaired) electrons. The fourth-order valence-corrected chi connectivity index (χ4v) is 1.46. The Morgan fingerprint density at radius 2 is 2.29 bits per heavy atom. The van der Waals surface area contributed by atoms with Crippen molar-refractivity contribution in [2.75, 3.05) is 19.6 Å². The minimum atomic E-state index is 0.0179. The zero-order valence-electron chi connectivity index (χ0n) is 8.88. The Balaban J connectivity index is 2.15. The van der Waals surface area contributed by atoms with Crippen LogP contribution in [0.5, 0.6) is 0 Å². The predicted molar refractivity (Wildman–Crippen MR) is 53.7 cm³/mol. The lowest BCUT2D eigenvalue weighted by Crippen LogP contribution is -2.37. The molecule has 80 valence electrons. The number of likely N-dealkylation sites (tertiary alicyclic amines) is 1. The minimum absolute atomic E-state index is 0.0179. The number of carbonyl (C=O) groups excluding carboxylic acids is 2. The summed E-state index contributed by atoms with van der Waals surface area (Å²) in [5.74, 6) is 0.282. The van der Waals surface area contributed by atoms with Crippen LogP contribution in [0.15, 0.2) is 0 Å². The number of carbonyl (C=O) groups is 2. The van der Waals surface area contributed by atoms with Gasteiger partial charge in [-0.2, -0.15) is 0 Å². The topological polar surface area (TPSA) is 49.4 Å². The zero-order valence-corrected chi connectivity index (χ0v) is 8.88. The first-order valence-corrected chi connectivity index (χ1v) is 5.16. The number of rotatable bonds is 4. The molecular formula is C10H18N2O2. The Hall–Kier alpha value is -1.06. The smallest absolute Gasteiger partial charge is 0.222 e. The predicted octanol–water partition coefficient (Wildman–Crippen LogP) is 0.381. The van der Waals surface area contributed by atoms with Crippen LogP contribution in [-0.4, -0.2) is 36.3 Å². The number of hydrogen-bond donors (Lipinski definition) is 1. The lowest BCUT2D eigenvalue weighted by Gasteiger charge is -2.16. The van der Waals surface area contributed by atoms with Gasteiger partial charge in [0.2, 0.25) is 11.8 Å². The fraction of sp³-hybridized carbons (Fsp3) is 0.800. The third kappa shape index (κ3) is 3.01. The van der Waals surface area contributed by atoms with Crippen LogP contribution in [0.4, 0.5) is 0 Å². The molecule has 0 aromatic carbocycles. The first-order valence-electron chi connectivity index (χ1n) is 5.16. The number of nitrogens with one attached hydrogen (secondary N) is 1. The van der Waals surface area contributed by atoms with Gasteiger partial charge in [0.1, 0.15) is 0 Å². The summed E-state index contributed by atoms with van der Waals surface area (Å²) in [5, 5.41) is 2.80. The standard InChI is InChI=1S/C10H18N2O2/c1-8(2)10(14)11-5-7-12-6-3-4-9(12)13/h8H,3-7H2,1-2H3,(H,11,14). The van der Waals surface area contributed by atoms with Gasteiger partial charge in [-0.05, 0) is 6.42 Å². The molecule has 1 aliphatic heterocycles. The molecule has 0 aromatic rings. The van der Waals surface area contributed by atoms with Crippen LogP contribution in [0.3, 0.4) is 0 Å². The van der Waals surface area contributed by atoms with Crippen LogP contribution in [0.2, 0.25) is 0 Å². The summed E-state index contributed by atoms with van der Waals surface area (Å²) >= 11 is 0. The van der Waals surface area contributed by atoms with Gasteiger partial charge in [0.05, 0.1) is 0 Å². The van der Waals surface area contributed by atoms with E-state index in [0.29, 0.717) is 19.5 Å². The molecule has 1 fully saturated rings. The number of amides is 2. The monoisotopic (exact) mass is 198 g/mol. The molecule has 0 unspecified atom stereocenters. The highest BCUT2D eigenvalue weighted by Crippen LogP contribution is 2.07. The van der Waals surface area contributed by atoms with E-state index < -0.39 is 0 Å². The van der Waals surface area contributed by atoms with Crippen molar-refractivity contribution in [2.45, 2.75) is 26.7 Å². The van der Waals surface area contributed by atoms with Crippen LogP contribution >= 0.6 is 0 Å². The van der Waals surface area contributed by atoms with E-state index in [9.17, 15) is 9.59 Å². The van der Waals surface area contributed by atoms with Gasteiger partial charge in [0.25, 0.3) is 0 Å². The SMILES string of the molecule is CC(C)C(=O)NCCN1CCCC1=O. The molecule has 1 saturated heterocycles. The van der Waals surface area contributed by atoms with Crippen LogP contribution in [0, 0.1) is 5.92 Å². The Morgan fingerprint density at radius 3 is 2.79 bits per heavy atom. The van der Waals surface area contributed by atoms with Crippen molar-refractivity contribution < 1.29 is 9.59 Å². The van der Waals surface area contributed by atoms with Gasteiger partial charge in [0.15, 0.2) is 0 Å². The Bertz CT molecular complexity index is 226. The lowest BCUT2D eigenvalue weighted by atomic mass is 10.2. The quantitative estimate of drug-likeness (QED) is 0.710. The third-order valence-corrected chi connectivity index (χ3v) is 2.38. The van der Waals surface area contributed by atoms with Crippen molar-refractivity contribution >= 4 is 11.8 Å². The molecule has 0 spiro atoms. The molecule has 1 heterocycles. The summed E-state index contributed by atoms with van der Waals surface area (Å²) < 4.78 is 0. The Kier molecular flexibility index (Phi) is 3.92. The average molecular weight is 198 g/mol. The highest BCUT2D eigenvalue weighted by molar-refractivity contribution is 5.79. The molecule has 1 aliphatic rings. The van der Waals surface area contributed by atoms with Gasteiger partial charge in [-0.25, -0.2) is 0 Å². The van der Waals surface area contributed by atoms with Crippen LogP contribution < -0.4 is 5.32 Å². The highest BCUT2D eigenvalue weighted by Gasteiger charge is 2.19. The fourth-order valence-electron chi connectivity index (χ4n) is 1.46. The molecule has 4 heteroatoms. The van der Waals surface area contributed by atoms with E-state index in [4.69, 9.17) is 0 Å². The largest absolute Gasteiger partial charge is 0.354 e. The molecule has 1 rings (SSSR count). The zero-order chi connectivity index (χ0) is 10.6. The molecule has 0 atom stereocenters. The van der Waals surface area contributed by atoms with E-state index in [-0.39, 0.29) is 17.7 Å². The van der Waals surface area contributed by atoms with Gasteiger partial charge in [0, 0.05) is 32.0 Å². The summed E-state index contributed by atoms with van der Waals surface area (Å²) in [7, 11) is 0. The van der Waals surface area contributed by atoms with Gasteiger partial charge >= 0.3 is 0 Å². The molecule has 2 amide bonds. The summed E-state index contributed by atoms with van der Waals surface area (Å²) in [6, 6.07) is 0. The Morgan fingerprint density at radius 1 is 1.57 bits per heavy atom. The van der Waals surface area contributed by atoms with Gasteiger partial charge in [-0.1, -0.05) is 13.8 Å². The van der Waals surface area contributed by atoms with Crippen LogP contribution in [0.25, 0.3) is 0 Å². The molecule has 0 bridgehead atoms. The highest BCUT2D eigenvalue weighted by atomic mass is 16.2. The van der Waals surface area contributed by atoms with Crippen LogP contribution in [0.1, 0.15) is 26.7 Å². The molecule has 0 saturated carbocycles. The summed E-state index contributed by atoms with van der Waals surface area (Å²) in [4.78, 5) is 24.2. The van der Waals surface area contributed by atoms with Crippen molar-refractivity contribution in [3.63, 3.8) is 0 Å². The van der Waals surface area contributed by atoms with E-state index in [1.165, 1.54) is 0 Å². The summed E-state index contributed by atoms with van der Waals surface area (Å²) in [6.45, 7) is 5.78. The molecule has 1 N–H and O–H groups in total. The normalized spacial score (nSPS) is 16.5. The first-order chi connectivity index (χ1) is 6.61. The van der Waals surface area contributed by atoms with Crippen molar-refractivity contribution in [2.24, 2.45) is 5.92 Å². The van der Waals surface area contributed by atoms with E-state index in [0.717, 1.165) is 13.0 Å². The van der Waals surface area contributed by atoms with Crippen molar-refractivity contribution in [3.8, 4) is 0 Å². The van der Waals surface area contributed by atoms with Gasteiger partial charge < -0.3 is 10.2 Å². The Labute approximate surface area is 84.7 Å². The van der Waals surface area contributed by atoms with E-state index in [1.807, 2.05) is 13.8 Å². The number of hydrogen-bond acceptors (Lipinski definition) is 2. The second kappa shape index (κ2) is 4.98. The average Bonchev–Trinajstić information content (AvgIpc) is 2.51. The van der Waals surface area contributed by atoms with Crippen molar-refractivity contribution in [3.05, 3.63) is 0 Å². The molecule has 4 nitrogen and oxygen atoms in total. The maximum atomic E-state index is 11.2. The molecule has 0 aromatic heterocycles. The second-order valence-electron chi connectivity index (χ2n) is 3.93. The van der Waals surface area contributed by atoms with E-state index in [2.05, 4.69) is 5.32 Å². The first kappa shape index (κ1) is 11.0. The van der Waals surface area contributed by atoms with E-state index >= 15 is 0 Å². The van der Waals surface area contributed by atoms with Crippen molar-refractivity contribution in [1.29, 1.82) is 0 Å². The van der Waals surface area contributed by atoms with Crippen molar-refractivity contribution in [1.82, 2.24) is 10.2 Å². The summed E-state index contributed by atoms with van der Waals surface area (Å²) in [6.07, 6.45) is 1.62.